The maximum absolute atomic E-state index is 5.69. The van der Waals surface area contributed by atoms with E-state index in [-0.39, 0.29) is 0 Å². The number of nitrogens with zero attached hydrogens (tertiary/aromatic N) is 2. The van der Waals surface area contributed by atoms with Crippen molar-refractivity contribution in [1.29, 1.82) is 0 Å². The van der Waals surface area contributed by atoms with Gasteiger partial charge in [-0.2, -0.15) is 4.98 Å². The first-order valence-electron chi connectivity index (χ1n) is 6.43. The lowest BCUT2D eigenvalue weighted by Gasteiger charge is -2.24. The van der Waals surface area contributed by atoms with Gasteiger partial charge in [0, 0.05) is 5.92 Å². The Bertz CT molecular complexity index is 484. The van der Waals surface area contributed by atoms with E-state index in [1.165, 1.54) is 0 Å². The first-order chi connectivity index (χ1) is 8.86. The van der Waals surface area contributed by atoms with Crippen molar-refractivity contribution >= 4 is 0 Å². The minimum atomic E-state index is 0.390. The van der Waals surface area contributed by atoms with Crippen molar-refractivity contribution in [3.8, 4) is 11.4 Å². The average molecular weight is 247 g/mol. The van der Waals surface area contributed by atoms with Gasteiger partial charge in [-0.1, -0.05) is 5.16 Å². The minimum Gasteiger partial charge on any atom is -0.472 e. The van der Waals surface area contributed by atoms with Crippen LogP contribution in [0.25, 0.3) is 11.4 Å². The smallest absolute Gasteiger partial charge is 0.230 e. The van der Waals surface area contributed by atoms with Crippen LogP contribution < -0.4 is 5.73 Å². The third kappa shape index (κ3) is 2.18. The number of furan rings is 1. The van der Waals surface area contributed by atoms with Gasteiger partial charge in [0.05, 0.1) is 11.8 Å². The van der Waals surface area contributed by atoms with E-state index in [0.717, 1.165) is 43.7 Å². The summed E-state index contributed by atoms with van der Waals surface area (Å²) in [5.74, 6) is 2.42. The van der Waals surface area contributed by atoms with Gasteiger partial charge in [0.25, 0.3) is 0 Å². The lowest BCUT2D eigenvalue weighted by Crippen LogP contribution is -2.20. The van der Waals surface area contributed by atoms with E-state index in [2.05, 4.69) is 10.1 Å². The van der Waals surface area contributed by atoms with Gasteiger partial charge in [-0.15, -0.1) is 0 Å². The highest BCUT2D eigenvalue weighted by Gasteiger charge is 2.26. The molecule has 0 radical (unpaired) electrons. The van der Waals surface area contributed by atoms with Crippen LogP contribution in [-0.2, 0) is 0 Å². The van der Waals surface area contributed by atoms with Crippen LogP contribution in [0.1, 0.15) is 37.5 Å². The summed E-state index contributed by atoms with van der Waals surface area (Å²) < 4.78 is 10.4. The molecule has 1 saturated carbocycles. The molecule has 0 unspecified atom stereocenters. The molecule has 5 heteroatoms. The molecule has 1 fully saturated rings. The highest BCUT2D eigenvalue weighted by molar-refractivity contribution is 5.51. The number of hydrogen-bond donors (Lipinski definition) is 1. The molecule has 1 aliphatic rings. The van der Waals surface area contributed by atoms with Crippen LogP contribution in [0, 0.1) is 5.92 Å². The predicted molar refractivity (Wildman–Crippen MR) is 65.8 cm³/mol. The maximum Gasteiger partial charge on any atom is 0.230 e. The molecule has 0 bridgehead atoms. The fraction of sp³-hybridized carbons (Fsp3) is 0.538. The molecule has 2 aromatic rings. The Morgan fingerprint density at radius 1 is 1.28 bits per heavy atom. The maximum atomic E-state index is 5.69. The predicted octanol–water partition coefficient (Wildman–Crippen LogP) is 2.56. The molecule has 1 aliphatic carbocycles. The zero-order chi connectivity index (χ0) is 12.4. The molecule has 18 heavy (non-hydrogen) atoms. The highest BCUT2D eigenvalue weighted by atomic mass is 16.5. The van der Waals surface area contributed by atoms with E-state index in [1.807, 2.05) is 6.07 Å². The van der Waals surface area contributed by atoms with Crippen LogP contribution in [0.3, 0.4) is 0 Å². The Kier molecular flexibility index (Phi) is 3.15. The Morgan fingerprint density at radius 2 is 2.11 bits per heavy atom. The Balaban J connectivity index is 1.71. The lowest BCUT2D eigenvalue weighted by molar-refractivity contribution is 0.275. The van der Waals surface area contributed by atoms with Gasteiger partial charge in [-0.3, -0.25) is 0 Å². The van der Waals surface area contributed by atoms with E-state index in [0.29, 0.717) is 17.7 Å². The molecule has 0 aromatic carbocycles. The molecule has 96 valence electrons. The zero-order valence-electron chi connectivity index (χ0n) is 10.2. The molecule has 0 spiro atoms. The lowest BCUT2D eigenvalue weighted by atomic mass is 9.82. The summed E-state index contributed by atoms with van der Waals surface area (Å²) in [7, 11) is 0. The van der Waals surface area contributed by atoms with E-state index in [1.54, 1.807) is 12.5 Å². The summed E-state index contributed by atoms with van der Waals surface area (Å²) in [4.78, 5) is 4.46. The van der Waals surface area contributed by atoms with Crippen molar-refractivity contribution in [2.45, 2.75) is 31.6 Å². The van der Waals surface area contributed by atoms with E-state index < -0.39 is 0 Å². The van der Waals surface area contributed by atoms with Crippen molar-refractivity contribution in [1.82, 2.24) is 10.1 Å². The third-order valence-corrected chi connectivity index (χ3v) is 3.75. The van der Waals surface area contributed by atoms with Gasteiger partial charge in [-0.25, -0.2) is 0 Å². The first kappa shape index (κ1) is 11.5. The van der Waals surface area contributed by atoms with Gasteiger partial charge < -0.3 is 14.7 Å². The monoisotopic (exact) mass is 247 g/mol. The van der Waals surface area contributed by atoms with Crippen molar-refractivity contribution < 1.29 is 8.94 Å². The Labute approximate surface area is 105 Å². The molecule has 0 amide bonds. The summed E-state index contributed by atoms with van der Waals surface area (Å²) in [6.45, 7) is 0.789. The zero-order valence-corrected chi connectivity index (χ0v) is 10.2. The summed E-state index contributed by atoms with van der Waals surface area (Å²) >= 11 is 0. The molecular weight excluding hydrogens is 230 g/mol. The second-order valence-electron chi connectivity index (χ2n) is 4.92. The summed E-state index contributed by atoms with van der Waals surface area (Å²) in [6.07, 6.45) is 7.73. The van der Waals surface area contributed by atoms with E-state index in [4.69, 9.17) is 14.7 Å². The van der Waals surface area contributed by atoms with Crippen LogP contribution in [-0.4, -0.2) is 16.7 Å². The SMILES string of the molecule is NCC1CCC(c2nc(-c3ccoc3)no2)CC1. The minimum absolute atomic E-state index is 0.390. The van der Waals surface area contributed by atoms with Crippen LogP contribution in [0.2, 0.25) is 0 Å². The molecule has 5 nitrogen and oxygen atoms in total. The number of hydrogen-bond acceptors (Lipinski definition) is 5. The quantitative estimate of drug-likeness (QED) is 0.901. The molecule has 2 heterocycles. The van der Waals surface area contributed by atoms with Crippen molar-refractivity contribution in [3.05, 3.63) is 24.5 Å². The largest absolute Gasteiger partial charge is 0.472 e. The second-order valence-corrected chi connectivity index (χ2v) is 4.92. The van der Waals surface area contributed by atoms with Gasteiger partial charge in [0.1, 0.15) is 6.26 Å². The molecular formula is C13H17N3O2. The second kappa shape index (κ2) is 4.94. The van der Waals surface area contributed by atoms with Crippen molar-refractivity contribution in [2.75, 3.05) is 6.54 Å². The average Bonchev–Trinajstić information content (AvgIpc) is 3.09. The van der Waals surface area contributed by atoms with Gasteiger partial charge >= 0.3 is 0 Å². The summed E-state index contributed by atoms with van der Waals surface area (Å²) in [5, 5.41) is 4.00. The normalized spacial score (nSPS) is 24.3. The molecule has 0 aliphatic heterocycles. The number of nitrogens with two attached hydrogens (primary N) is 1. The van der Waals surface area contributed by atoms with Crippen LogP contribution in [0.5, 0.6) is 0 Å². The molecule has 0 saturated heterocycles. The van der Waals surface area contributed by atoms with Gasteiger partial charge in [0.2, 0.25) is 11.7 Å². The topological polar surface area (TPSA) is 78.1 Å². The number of aromatic nitrogens is 2. The summed E-state index contributed by atoms with van der Waals surface area (Å²) in [5.41, 5.74) is 6.56. The summed E-state index contributed by atoms with van der Waals surface area (Å²) in [6, 6.07) is 1.83. The van der Waals surface area contributed by atoms with Gasteiger partial charge in [0.15, 0.2) is 0 Å². The highest BCUT2D eigenvalue weighted by Crippen LogP contribution is 2.35. The molecule has 3 rings (SSSR count). The fourth-order valence-corrected chi connectivity index (χ4v) is 2.56. The van der Waals surface area contributed by atoms with E-state index in [9.17, 15) is 0 Å². The Hall–Kier alpha value is -1.62. The van der Waals surface area contributed by atoms with Crippen LogP contribution in [0.15, 0.2) is 27.5 Å². The first-order valence-corrected chi connectivity index (χ1v) is 6.43. The fourth-order valence-electron chi connectivity index (χ4n) is 2.56. The van der Waals surface area contributed by atoms with Crippen LogP contribution >= 0.6 is 0 Å². The number of rotatable bonds is 3. The van der Waals surface area contributed by atoms with E-state index >= 15 is 0 Å². The Morgan fingerprint density at radius 3 is 2.78 bits per heavy atom. The van der Waals surface area contributed by atoms with Crippen molar-refractivity contribution in [2.24, 2.45) is 11.7 Å². The van der Waals surface area contributed by atoms with Gasteiger partial charge in [-0.05, 0) is 44.2 Å². The standard InChI is InChI=1S/C13H17N3O2/c14-7-9-1-3-10(4-2-9)13-15-12(16-18-13)11-5-6-17-8-11/h5-6,8-10H,1-4,7,14H2. The van der Waals surface area contributed by atoms with Crippen molar-refractivity contribution in [3.63, 3.8) is 0 Å². The third-order valence-electron chi connectivity index (χ3n) is 3.75. The molecule has 2 N–H and O–H groups in total. The molecule has 0 atom stereocenters. The van der Waals surface area contributed by atoms with Crippen LogP contribution in [0.4, 0.5) is 0 Å². The molecule has 2 aromatic heterocycles.